The molecule has 3 aromatic carbocycles. The van der Waals surface area contributed by atoms with Crippen LogP contribution in [0.1, 0.15) is 12.0 Å². The third-order valence-corrected chi connectivity index (χ3v) is 4.96. The fourth-order valence-electron chi connectivity index (χ4n) is 3.53. The summed E-state index contributed by atoms with van der Waals surface area (Å²) in [6, 6.07) is 20.0. The second-order valence-corrected chi connectivity index (χ2v) is 6.71. The molecule has 1 heterocycles. The minimum absolute atomic E-state index is 0.0719. The standard InChI is InChI=1S/C22H19FN2O2/c23-19-10-4-2-7-16(19)13-24-22(27)17-12-21(26)25(14-17)20-11-5-8-15-6-1-3-9-18(15)20/h1-11,17H,12-14H2,(H,24,27)/t17-/m1/s1. The van der Waals surface area contributed by atoms with Gasteiger partial charge in [0, 0.05) is 30.5 Å². The minimum Gasteiger partial charge on any atom is -0.352 e. The maximum Gasteiger partial charge on any atom is 0.227 e. The highest BCUT2D eigenvalue weighted by Crippen LogP contribution is 2.31. The van der Waals surface area contributed by atoms with Crippen molar-refractivity contribution < 1.29 is 14.0 Å². The molecular formula is C22H19FN2O2. The molecule has 1 saturated heterocycles. The Kier molecular flexibility index (Phi) is 4.59. The zero-order chi connectivity index (χ0) is 18.8. The van der Waals surface area contributed by atoms with E-state index in [0.29, 0.717) is 12.1 Å². The largest absolute Gasteiger partial charge is 0.352 e. The van der Waals surface area contributed by atoms with Crippen LogP contribution in [0.25, 0.3) is 10.8 Å². The molecule has 27 heavy (non-hydrogen) atoms. The van der Waals surface area contributed by atoms with Crippen molar-refractivity contribution in [2.24, 2.45) is 5.92 Å². The Hall–Kier alpha value is -3.21. The summed E-state index contributed by atoms with van der Waals surface area (Å²) in [6.07, 6.45) is 0.159. The Bertz CT molecular complexity index is 1010. The highest BCUT2D eigenvalue weighted by molar-refractivity contribution is 6.06. The first kappa shape index (κ1) is 17.2. The van der Waals surface area contributed by atoms with E-state index in [1.165, 1.54) is 6.07 Å². The zero-order valence-corrected chi connectivity index (χ0v) is 14.7. The molecule has 4 nitrogen and oxygen atoms in total. The number of carbonyl (C=O) groups excluding carboxylic acids is 2. The van der Waals surface area contributed by atoms with E-state index in [1.807, 2.05) is 42.5 Å². The highest BCUT2D eigenvalue weighted by Gasteiger charge is 2.35. The van der Waals surface area contributed by atoms with Crippen molar-refractivity contribution in [1.82, 2.24) is 5.32 Å². The second kappa shape index (κ2) is 7.19. The normalized spacial score (nSPS) is 16.7. The van der Waals surface area contributed by atoms with E-state index in [-0.39, 0.29) is 30.6 Å². The van der Waals surface area contributed by atoms with Crippen LogP contribution >= 0.6 is 0 Å². The number of hydrogen-bond acceptors (Lipinski definition) is 2. The van der Waals surface area contributed by atoms with Crippen molar-refractivity contribution in [3.63, 3.8) is 0 Å². The molecule has 0 spiro atoms. The van der Waals surface area contributed by atoms with Crippen LogP contribution in [0.3, 0.4) is 0 Å². The van der Waals surface area contributed by atoms with Crippen molar-refractivity contribution in [1.29, 1.82) is 0 Å². The number of benzene rings is 3. The van der Waals surface area contributed by atoms with E-state index in [1.54, 1.807) is 23.1 Å². The summed E-state index contributed by atoms with van der Waals surface area (Å²) in [5, 5.41) is 4.79. The zero-order valence-electron chi connectivity index (χ0n) is 14.7. The number of carbonyl (C=O) groups is 2. The second-order valence-electron chi connectivity index (χ2n) is 6.71. The Morgan fingerprint density at radius 2 is 1.78 bits per heavy atom. The average Bonchev–Trinajstić information content (AvgIpc) is 3.08. The van der Waals surface area contributed by atoms with E-state index in [9.17, 15) is 14.0 Å². The first-order valence-corrected chi connectivity index (χ1v) is 8.93. The molecule has 1 atom stereocenters. The Balaban J connectivity index is 1.49. The van der Waals surface area contributed by atoms with Gasteiger partial charge in [-0.05, 0) is 17.5 Å². The van der Waals surface area contributed by atoms with E-state index < -0.39 is 5.92 Å². The molecule has 0 radical (unpaired) electrons. The lowest BCUT2D eigenvalue weighted by Gasteiger charge is -2.19. The third kappa shape index (κ3) is 3.40. The maximum absolute atomic E-state index is 13.7. The van der Waals surface area contributed by atoms with Crippen molar-refractivity contribution in [3.05, 3.63) is 78.1 Å². The van der Waals surface area contributed by atoms with E-state index in [0.717, 1.165) is 16.5 Å². The van der Waals surface area contributed by atoms with Crippen LogP contribution < -0.4 is 10.2 Å². The van der Waals surface area contributed by atoms with Gasteiger partial charge in [-0.3, -0.25) is 9.59 Å². The number of halogens is 1. The molecule has 3 aromatic rings. The molecule has 1 aliphatic heterocycles. The SMILES string of the molecule is O=C(NCc1ccccc1F)[C@@H]1CC(=O)N(c2cccc3ccccc23)C1. The number of fused-ring (bicyclic) bond motifs is 1. The van der Waals surface area contributed by atoms with E-state index in [4.69, 9.17) is 0 Å². The number of rotatable bonds is 4. The predicted molar refractivity (Wildman–Crippen MR) is 103 cm³/mol. The summed E-state index contributed by atoms with van der Waals surface area (Å²) in [7, 11) is 0. The molecule has 1 fully saturated rings. The lowest BCUT2D eigenvalue weighted by molar-refractivity contribution is -0.126. The summed E-state index contributed by atoms with van der Waals surface area (Å²) in [5.41, 5.74) is 1.25. The highest BCUT2D eigenvalue weighted by atomic mass is 19.1. The molecule has 0 aromatic heterocycles. The Morgan fingerprint density at radius 1 is 1.04 bits per heavy atom. The maximum atomic E-state index is 13.7. The van der Waals surface area contributed by atoms with Crippen molar-refractivity contribution in [2.45, 2.75) is 13.0 Å². The summed E-state index contributed by atoms with van der Waals surface area (Å²) in [4.78, 5) is 26.7. The fourth-order valence-corrected chi connectivity index (χ4v) is 3.53. The quantitative estimate of drug-likeness (QED) is 0.770. The van der Waals surface area contributed by atoms with Gasteiger partial charge >= 0.3 is 0 Å². The summed E-state index contributed by atoms with van der Waals surface area (Å²) in [5.74, 6) is -1.09. The molecule has 4 rings (SSSR count). The molecule has 0 aliphatic carbocycles. The van der Waals surface area contributed by atoms with Crippen LogP contribution in [0.2, 0.25) is 0 Å². The van der Waals surface area contributed by atoms with Crippen molar-refractivity contribution in [2.75, 3.05) is 11.4 Å². The lowest BCUT2D eigenvalue weighted by Crippen LogP contribution is -2.32. The van der Waals surface area contributed by atoms with Gasteiger partial charge in [0.2, 0.25) is 11.8 Å². The Morgan fingerprint density at radius 3 is 2.63 bits per heavy atom. The number of nitrogens with one attached hydrogen (secondary N) is 1. The van der Waals surface area contributed by atoms with E-state index in [2.05, 4.69) is 5.32 Å². The average molecular weight is 362 g/mol. The topological polar surface area (TPSA) is 49.4 Å². The van der Waals surface area contributed by atoms with Gasteiger partial charge in [0.25, 0.3) is 0 Å². The molecule has 0 bridgehead atoms. The van der Waals surface area contributed by atoms with E-state index >= 15 is 0 Å². The van der Waals surface area contributed by atoms with Crippen LogP contribution in [0.5, 0.6) is 0 Å². The minimum atomic E-state index is -0.441. The molecule has 2 amide bonds. The molecular weight excluding hydrogens is 343 g/mol. The number of anilines is 1. The van der Waals surface area contributed by atoms with Crippen LogP contribution in [-0.4, -0.2) is 18.4 Å². The number of nitrogens with zero attached hydrogens (tertiary/aromatic N) is 1. The summed E-state index contributed by atoms with van der Waals surface area (Å²) < 4.78 is 13.7. The molecule has 0 unspecified atom stereocenters. The number of hydrogen-bond donors (Lipinski definition) is 1. The van der Waals surface area contributed by atoms with Gasteiger partial charge in [0.15, 0.2) is 0 Å². The summed E-state index contributed by atoms with van der Waals surface area (Å²) in [6.45, 7) is 0.445. The molecule has 1 aliphatic rings. The van der Waals surface area contributed by atoms with Gasteiger partial charge in [-0.15, -0.1) is 0 Å². The van der Waals surface area contributed by atoms with Gasteiger partial charge < -0.3 is 10.2 Å². The monoisotopic (exact) mass is 362 g/mol. The molecule has 136 valence electrons. The van der Waals surface area contributed by atoms with Gasteiger partial charge in [0.1, 0.15) is 5.82 Å². The van der Waals surface area contributed by atoms with Crippen LogP contribution in [0.15, 0.2) is 66.7 Å². The first-order valence-electron chi connectivity index (χ1n) is 8.93. The van der Waals surface area contributed by atoms with Gasteiger partial charge in [-0.2, -0.15) is 0 Å². The predicted octanol–water partition coefficient (Wildman–Crippen LogP) is 3.65. The molecule has 1 N–H and O–H groups in total. The smallest absolute Gasteiger partial charge is 0.227 e. The fraction of sp³-hybridized carbons (Fsp3) is 0.182. The Labute approximate surface area is 156 Å². The number of amides is 2. The van der Waals surface area contributed by atoms with Crippen molar-refractivity contribution in [3.8, 4) is 0 Å². The summed E-state index contributed by atoms with van der Waals surface area (Å²) >= 11 is 0. The van der Waals surface area contributed by atoms with Crippen LogP contribution in [-0.2, 0) is 16.1 Å². The van der Waals surface area contributed by atoms with Crippen molar-refractivity contribution >= 4 is 28.3 Å². The molecule has 0 saturated carbocycles. The van der Waals surface area contributed by atoms with Gasteiger partial charge in [0.05, 0.1) is 11.6 Å². The van der Waals surface area contributed by atoms with Crippen LogP contribution in [0.4, 0.5) is 10.1 Å². The lowest BCUT2D eigenvalue weighted by atomic mass is 10.1. The molecule has 5 heteroatoms. The third-order valence-electron chi connectivity index (χ3n) is 4.96. The van der Waals surface area contributed by atoms with Crippen LogP contribution in [0, 0.1) is 11.7 Å². The van der Waals surface area contributed by atoms with Gasteiger partial charge in [-0.25, -0.2) is 4.39 Å². The van der Waals surface area contributed by atoms with Gasteiger partial charge in [-0.1, -0.05) is 54.6 Å². The first-order chi connectivity index (χ1) is 13.1.